The highest BCUT2D eigenvalue weighted by Crippen LogP contribution is 2.32. The van der Waals surface area contributed by atoms with Gasteiger partial charge in [0.15, 0.2) is 0 Å². The summed E-state index contributed by atoms with van der Waals surface area (Å²) in [5, 5.41) is 0.641. The first-order chi connectivity index (χ1) is 14.1. The first kappa shape index (κ1) is 20.7. The topological polar surface area (TPSA) is 43.9 Å². The molecule has 4 rings (SSSR count). The summed E-state index contributed by atoms with van der Waals surface area (Å²) in [5.74, 6) is 0.873. The standard InChI is InChI=1S/C23H32ClN3O2/c24-20-10-8-19(9-11-20)22(28)27-16-14-25(15-17-27)21(18-6-2-3-7-18)23(29)26-12-4-1-5-13-26/h8-11,18,21H,1-7,12-17H2/t21-/m1/s1. The van der Waals surface area contributed by atoms with Crippen LogP contribution in [0.3, 0.4) is 0 Å². The molecule has 29 heavy (non-hydrogen) atoms. The van der Waals surface area contributed by atoms with E-state index in [1.807, 2.05) is 4.90 Å². The van der Waals surface area contributed by atoms with Gasteiger partial charge in [0.25, 0.3) is 5.91 Å². The summed E-state index contributed by atoms with van der Waals surface area (Å²) in [7, 11) is 0. The lowest BCUT2D eigenvalue weighted by molar-refractivity contribution is -0.140. The second-order valence-electron chi connectivity index (χ2n) is 8.71. The molecule has 0 unspecified atom stereocenters. The molecule has 1 atom stereocenters. The molecular weight excluding hydrogens is 386 g/mol. The lowest BCUT2D eigenvalue weighted by Crippen LogP contribution is -2.59. The number of hydrogen-bond donors (Lipinski definition) is 0. The average Bonchev–Trinajstić information content (AvgIpc) is 3.29. The van der Waals surface area contributed by atoms with Gasteiger partial charge in [0.2, 0.25) is 5.91 Å². The molecule has 6 heteroatoms. The van der Waals surface area contributed by atoms with Crippen molar-refractivity contribution in [1.29, 1.82) is 0 Å². The zero-order valence-corrected chi connectivity index (χ0v) is 17.9. The Kier molecular flexibility index (Phi) is 6.76. The summed E-state index contributed by atoms with van der Waals surface area (Å²) >= 11 is 5.94. The van der Waals surface area contributed by atoms with Crippen molar-refractivity contribution in [2.75, 3.05) is 39.3 Å². The average molecular weight is 418 g/mol. The summed E-state index contributed by atoms with van der Waals surface area (Å²) in [5.41, 5.74) is 0.680. The van der Waals surface area contributed by atoms with E-state index in [0.29, 0.717) is 35.5 Å². The van der Waals surface area contributed by atoms with Crippen molar-refractivity contribution < 1.29 is 9.59 Å². The molecule has 1 aromatic rings. The molecule has 2 saturated heterocycles. The summed E-state index contributed by atoms with van der Waals surface area (Å²) in [6.07, 6.45) is 8.30. The molecule has 2 amide bonds. The van der Waals surface area contributed by atoms with Gasteiger partial charge in [0.05, 0.1) is 6.04 Å². The zero-order chi connectivity index (χ0) is 20.2. The van der Waals surface area contributed by atoms with Gasteiger partial charge in [-0.25, -0.2) is 0 Å². The third-order valence-electron chi connectivity index (χ3n) is 6.85. The molecule has 0 radical (unpaired) electrons. The van der Waals surface area contributed by atoms with Gasteiger partial charge in [-0.3, -0.25) is 14.5 Å². The van der Waals surface area contributed by atoms with E-state index in [1.54, 1.807) is 24.3 Å². The molecule has 3 aliphatic rings. The van der Waals surface area contributed by atoms with E-state index in [1.165, 1.54) is 19.3 Å². The minimum Gasteiger partial charge on any atom is -0.341 e. The van der Waals surface area contributed by atoms with Crippen LogP contribution in [0, 0.1) is 5.92 Å². The Bertz CT molecular complexity index is 703. The smallest absolute Gasteiger partial charge is 0.253 e. The molecule has 2 aliphatic heterocycles. The van der Waals surface area contributed by atoms with E-state index in [0.717, 1.165) is 51.9 Å². The molecule has 0 N–H and O–H groups in total. The highest BCUT2D eigenvalue weighted by molar-refractivity contribution is 6.30. The van der Waals surface area contributed by atoms with Crippen molar-refractivity contribution in [2.45, 2.75) is 51.0 Å². The maximum atomic E-state index is 13.4. The first-order valence-corrected chi connectivity index (χ1v) is 11.6. The van der Waals surface area contributed by atoms with Crippen LogP contribution in [0.4, 0.5) is 0 Å². The predicted molar refractivity (Wildman–Crippen MR) is 115 cm³/mol. The number of nitrogens with zero attached hydrogens (tertiary/aromatic N) is 3. The normalized spacial score (nSPS) is 22.7. The van der Waals surface area contributed by atoms with E-state index < -0.39 is 0 Å². The van der Waals surface area contributed by atoms with Gasteiger partial charge >= 0.3 is 0 Å². The maximum absolute atomic E-state index is 13.4. The number of carbonyl (C=O) groups is 2. The van der Waals surface area contributed by atoms with Gasteiger partial charge in [0, 0.05) is 49.9 Å². The number of rotatable bonds is 4. The quantitative estimate of drug-likeness (QED) is 0.750. The Morgan fingerprint density at radius 3 is 2.03 bits per heavy atom. The molecule has 2 heterocycles. The van der Waals surface area contributed by atoms with Crippen LogP contribution >= 0.6 is 11.6 Å². The van der Waals surface area contributed by atoms with E-state index in [2.05, 4.69) is 9.80 Å². The fourth-order valence-corrected chi connectivity index (χ4v) is 5.33. The Morgan fingerprint density at radius 1 is 0.793 bits per heavy atom. The monoisotopic (exact) mass is 417 g/mol. The fourth-order valence-electron chi connectivity index (χ4n) is 5.21. The minimum absolute atomic E-state index is 0.00313. The van der Waals surface area contributed by atoms with Gasteiger partial charge in [-0.2, -0.15) is 0 Å². The molecular formula is C23H32ClN3O2. The number of carbonyl (C=O) groups excluding carboxylic acids is 2. The maximum Gasteiger partial charge on any atom is 0.253 e. The first-order valence-electron chi connectivity index (χ1n) is 11.2. The summed E-state index contributed by atoms with van der Waals surface area (Å²) in [4.78, 5) is 32.7. The number of hydrogen-bond acceptors (Lipinski definition) is 3. The van der Waals surface area contributed by atoms with Gasteiger partial charge in [-0.1, -0.05) is 24.4 Å². The van der Waals surface area contributed by atoms with Crippen LogP contribution in [0.1, 0.15) is 55.3 Å². The van der Waals surface area contributed by atoms with Crippen LogP contribution in [0.2, 0.25) is 5.02 Å². The molecule has 5 nitrogen and oxygen atoms in total. The predicted octanol–water partition coefficient (Wildman–Crippen LogP) is 3.67. The van der Waals surface area contributed by atoms with E-state index in [-0.39, 0.29) is 11.9 Å². The van der Waals surface area contributed by atoms with E-state index in [9.17, 15) is 9.59 Å². The molecule has 0 aromatic heterocycles. The number of piperazine rings is 1. The molecule has 3 fully saturated rings. The Hall–Kier alpha value is -1.59. The molecule has 1 aromatic carbocycles. The number of benzene rings is 1. The summed E-state index contributed by atoms with van der Waals surface area (Å²) in [6.45, 7) is 4.74. The molecule has 158 valence electrons. The van der Waals surface area contributed by atoms with Gasteiger partial charge in [-0.15, -0.1) is 0 Å². The Morgan fingerprint density at radius 2 is 1.41 bits per heavy atom. The molecule has 0 bridgehead atoms. The van der Waals surface area contributed by atoms with Crippen LogP contribution in [-0.4, -0.2) is 71.8 Å². The van der Waals surface area contributed by atoms with Crippen LogP contribution in [0.5, 0.6) is 0 Å². The number of piperidine rings is 1. The lowest BCUT2D eigenvalue weighted by Gasteiger charge is -2.43. The van der Waals surface area contributed by atoms with Crippen molar-refractivity contribution in [2.24, 2.45) is 5.92 Å². The third kappa shape index (κ3) is 4.77. The van der Waals surface area contributed by atoms with Gasteiger partial charge < -0.3 is 9.80 Å². The second-order valence-corrected chi connectivity index (χ2v) is 9.15. The van der Waals surface area contributed by atoms with Gasteiger partial charge in [-0.05, 0) is 62.3 Å². The van der Waals surface area contributed by atoms with Crippen molar-refractivity contribution in [3.8, 4) is 0 Å². The van der Waals surface area contributed by atoms with Crippen LogP contribution < -0.4 is 0 Å². The number of halogens is 1. The second kappa shape index (κ2) is 9.48. The highest BCUT2D eigenvalue weighted by Gasteiger charge is 2.39. The lowest BCUT2D eigenvalue weighted by atomic mass is 9.93. The van der Waals surface area contributed by atoms with Gasteiger partial charge in [0.1, 0.15) is 0 Å². The summed E-state index contributed by atoms with van der Waals surface area (Å²) in [6, 6.07) is 7.11. The summed E-state index contributed by atoms with van der Waals surface area (Å²) < 4.78 is 0. The molecule has 0 spiro atoms. The molecule has 1 aliphatic carbocycles. The Labute approximate surface area is 179 Å². The van der Waals surface area contributed by atoms with E-state index in [4.69, 9.17) is 11.6 Å². The minimum atomic E-state index is 0.00313. The van der Waals surface area contributed by atoms with Crippen molar-refractivity contribution >= 4 is 23.4 Å². The van der Waals surface area contributed by atoms with Crippen molar-refractivity contribution in [3.63, 3.8) is 0 Å². The largest absolute Gasteiger partial charge is 0.341 e. The number of amides is 2. The highest BCUT2D eigenvalue weighted by atomic mass is 35.5. The fraction of sp³-hybridized carbons (Fsp3) is 0.652. The van der Waals surface area contributed by atoms with Crippen LogP contribution in [-0.2, 0) is 4.79 Å². The molecule has 1 saturated carbocycles. The van der Waals surface area contributed by atoms with Crippen LogP contribution in [0.15, 0.2) is 24.3 Å². The SMILES string of the molecule is O=C(c1ccc(Cl)cc1)N1CCN([C@@H](C(=O)N2CCCCC2)C2CCCC2)CC1. The Balaban J connectivity index is 1.41. The van der Waals surface area contributed by atoms with Crippen molar-refractivity contribution in [1.82, 2.24) is 14.7 Å². The number of likely N-dealkylation sites (tertiary alicyclic amines) is 1. The van der Waals surface area contributed by atoms with E-state index >= 15 is 0 Å². The van der Waals surface area contributed by atoms with Crippen molar-refractivity contribution in [3.05, 3.63) is 34.9 Å². The van der Waals surface area contributed by atoms with Crippen LogP contribution in [0.25, 0.3) is 0 Å². The third-order valence-corrected chi connectivity index (χ3v) is 7.11. The zero-order valence-electron chi connectivity index (χ0n) is 17.2.